The summed E-state index contributed by atoms with van der Waals surface area (Å²) >= 11 is 0. The number of aromatic hydroxyl groups is 1. The quantitative estimate of drug-likeness (QED) is 0.907. The van der Waals surface area contributed by atoms with Gasteiger partial charge in [0.1, 0.15) is 11.6 Å². The van der Waals surface area contributed by atoms with E-state index in [4.69, 9.17) is 9.47 Å². The fraction of sp³-hybridized carbons (Fsp3) is 0.500. The van der Waals surface area contributed by atoms with Crippen molar-refractivity contribution >= 4 is 5.91 Å². The molecule has 2 rings (SSSR count). The SMILES string of the molecule is COCC[C@@H]1CN(C(=O)c2ccc(F)cc2O)CCO1. The number of phenolic OH excluding ortho intramolecular Hbond substituents is 1. The van der Waals surface area contributed by atoms with Crippen molar-refractivity contribution in [1.82, 2.24) is 4.90 Å². The molecule has 1 amide bonds. The molecule has 0 unspecified atom stereocenters. The summed E-state index contributed by atoms with van der Waals surface area (Å²) in [6.07, 6.45) is 0.630. The summed E-state index contributed by atoms with van der Waals surface area (Å²) in [7, 11) is 1.61. The molecule has 20 heavy (non-hydrogen) atoms. The summed E-state index contributed by atoms with van der Waals surface area (Å²) < 4.78 is 23.5. The first-order chi connectivity index (χ1) is 9.61. The zero-order chi connectivity index (χ0) is 14.5. The minimum atomic E-state index is -0.570. The fourth-order valence-corrected chi connectivity index (χ4v) is 2.18. The van der Waals surface area contributed by atoms with Crippen LogP contribution in [0.3, 0.4) is 0 Å². The maximum absolute atomic E-state index is 12.9. The molecule has 1 saturated heterocycles. The Morgan fingerprint density at radius 2 is 2.40 bits per heavy atom. The number of methoxy groups -OCH3 is 1. The maximum Gasteiger partial charge on any atom is 0.257 e. The van der Waals surface area contributed by atoms with Crippen LogP contribution in [0.5, 0.6) is 5.75 Å². The summed E-state index contributed by atoms with van der Waals surface area (Å²) in [5, 5.41) is 9.66. The zero-order valence-electron chi connectivity index (χ0n) is 11.3. The van der Waals surface area contributed by atoms with Crippen molar-refractivity contribution < 1.29 is 23.8 Å². The van der Waals surface area contributed by atoms with Gasteiger partial charge in [-0.2, -0.15) is 0 Å². The highest BCUT2D eigenvalue weighted by Crippen LogP contribution is 2.21. The van der Waals surface area contributed by atoms with Crippen molar-refractivity contribution in [3.8, 4) is 5.75 Å². The van der Waals surface area contributed by atoms with Gasteiger partial charge in [0.2, 0.25) is 0 Å². The number of ether oxygens (including phenoxy) is 2. The van der Waals surface area contributed by atoms with Crippen molar-refractivity contribution in [2.75, 3.05) is 33.4 Å². The summed E-state index contributed by atoms with van der Waals surface area (Å²) in [6.45, 7) is 1.91. The molecule has 6 heteroatoms. The van der Waals surface area contributed by atoms with Gasteiger partial charge in [-0.3, -0.25) is 4.79 Å². The molecule has 0 saturated carbocycles. The fourth-order valence-electron chi connectivity index (χ4n) is 2.18. The number of morpholine rings is 1. The highest BCUT2D eigenvalue weighted by atomic mass is 19.1. The molecule has 1 heterocycles. The number of rotatable bonds is 4. The Kier molecular flexibility index (Phi) is 4.92. The Balaban J connectivity index is 2.04. The largest absolute Gasteiger partial charge is 0.507 e. The maximum atomic E-state index is 12.9. The molecule has 0 bridgehead atoms. The second-order valence-electron chi connectivity index (χ2n) is 4.69. The smallest absolute Gasteiger partial charge is 0.257 e. The Hall–Kier alpha value is -1.66. The van der Waals surface area contributed by atoms with Gasteiger partial charge in [0.25, 0.3) is 5.91 Å². The van der Waals surface area contributed by atoms with Crippen molar-refractivity contribution in [3.63, 3.8) is 0 Å². The minimum Gasteiger partial charge on any atom is -0.507 e. The Morgan fingerprint density at radius 3 is 3.10 bits per heavy atom. The van der Waals surface area contributed by atoms with Crippen LogP contribution in [0.2, 0.25) is 0 Å². The van der Waals surface area contributed by atoms with Crippen molar-refractivity contribution in [1.29, 1.82) is 0 Å². The highest BCUT2D eigenvalue weighted by molar-refractivity contribution is 5.96. The van der Waals surface area contributed by atoms with Gasteiger partial charge in [-0.25, -0.2) is 4.39 Å². The van der Waals surface area contributed by atoms with Gasteiger partial charge >= 0.3 is 0 Å². The van der Waals surface area contributed by atoms with E-state index < -0.39 is 5.82 Å². The number of amides is 1. The van der Waals surface area contributed by atoms with Gasteiger partial charge in [0, 0.05) is 32.9 Å². The second-order valence-corrected chi connectivity index (χ2v) is 4.69. The van der Waals surface area contributed by atoms with Crippen LogP contribution >= 0.6 is 0 Å². The van der Waals surface area contributed by atoms with Gasteiger partial charge < -0.3 is 19.5 Å². The number of halogens is 1. The molecule has 1 N–H and O–H groups in total. The third-order valence-corrected chi connectivity index (χ3v) is 3.26. The van der Waals surface area contributed by atoms with Crippen LogP contribution < -0.4 is 0 Å². The van der Waals surface area contributed by atoms with Crippen molar-refractivity contribution in [2.45, 2.75) is 12.5 Å². The number of carbonyl (C=O) groups excluding carboxylic acids is 1. The predicted octanol–water partition coefficient (Wildman–Crippen LogP) is 1.41. The van der Waals surface area contributed by atoms with Gasteiger partial charge in [-0.15, -0.1) is 0 Å². The van der Waals surface area contributed by atoms with Crippen LogP contribution in [-0.2, 0) is 9.47 Å². The summed E-state index contributed by atoms with van der Waals surface area (Å²) in [5.41, 5.74) is 0.110. The third-order valence-electron chi connectivity index (χ3n) is 3.26. The van der Waals surface area contributed by atoms with Crippen LogP contribution in [0, 0.1) is 5.82 Å². The van der Waals surface area contributed by atoms with E-state index in [0.29, 0.717) is 32.7 Å². The van der Waals surface area contributed by atoms with E-state index >= 15 is 0 Å². The van der Waals surface area contributed by atoms with Gasteiger partial charge in [-0.1, -0.05) is 0 Å². The molecule has 110 valence electrons. The van der Waals surface area contributed by atoms with E-state index in [1.807, 2.05) is 0 Å². The standard InChI is InChI=1S/C14H18FNO4/c1-19-6-4-11-9-16(5-7-20-11)14(18)12-3-2-10(15)8-13(12)17/h2-3,8,11,17H,4-7,9H2,1H3/t11-/m1/s1. The normalized spacial score (nSPS) is 19.1. The minimum absolute atomic E-state index is 0.0739. The van der Waals surface area contributed by atoms with Gasteiger partial charge in [0.05, 0.1) is 18.3 Å². The van der Waals surface area contributed by atoms with E-state index in [-0.39, 0.29) is 23.3 Å². The summed E-state index contributed by atoms with van der Waals surface area (Å²) in [6, 6.07) is 3.40. The third kappa shape index (κ3) is 3.46. The molecule has 1 aromatic carbocycles. The zero-order valence-corrected chi connectivity index (χ0v) is 11.3. The van der Waals surface area contributed by atoms with Gasteiger partial charge in [-0.05, 0) is 18.6 Å². The molecular weight excluding hydrogens is 265 g/mol. The van der Waals surface area contributed by atoms with Gasteiger partial charge in [0.15, 0.2) is 0 Å². The number of hydrogen-bond donors (Lipinski definition) is 1. The van der Waals surface area contributed by atoms with Crippen LogP contribution in [-0.4, -0.2) is 55.4 Å². The molecule has 0 aliphatic carbocycles. The number of phenols is 1. The van der Waals surface area contributed by atoms with Crippen molar-refractivity contribution in [2.24, 2.45) is 0 Å². The molecule has 1 atom stereocenters. The average Bonchev–Trinajstić information content (AvgIpc) is 2.45. The average molecular weight is 283 g/mol. The first-order valence-electron chi connectivity index (χ1n) is 6.50. The van der Waals surface area contributed by atoms with E-state index in [2.05, 4.69) is 0 Å². The summed E-state index contributed by atoms with van der Waals surface area (Å²) in [5.74, 6) is -1.22. The lowest BCUT2D eigenvalue weighted by molar-refractivity contribution is -0.0333. The number of nitrogens with zero attached hydrogens (tertiary/aromatic N) is 1. The number of carbonyl (C=O) groups is 1. The highest BCUT2D eigenvalue weighted by Gasteiger charge is 2.26. The van der Waals surface area contributed by atoms with Crippen LogP contribution in [0.25, 0.3) is 0 Å². The Morgan fingerprint density at radius 1 is 1.60 bits per heavy atom. The van der Waals surface area contributed by atoms with E-state index in [9.17, 15) is 14.3 Å². The van der Waals surface area contributed by atoms with E-state index in [1.165, 1.54) is 6.07 Å². The Labute approximate surface area is 116 Å². The second kappa shape index (κ2) is 6.67. The monoisotopic (exact) mass is 283 g/mol. The first kappa shape index (κ1) is 14.7. The van der Waals surface area contributed by atoms with E-state index in [1.54, 1.807) is 12.0 Å². The molecule has 1 aliphatic heterocycles. The topological polar surface area (TPSA) is 59.0 Å². The lowest BCUT2D eigenvalue weighted by Gasteiger charge is -2.33. The first-order valence-corrected chi connectivity index (χ1v) is 6.50. The lowest BCUT2D eigenvalue weighted by atomic mass is 10.1. The Bertz CT molecular complexity index is 480. The number of hydrogen-bond acceptors (Lipinski definition) is 4. The molecule has 1 aliphatic rings. The molecule has 5 nitrogen and oxygen atoms in total. The molecule has 1 aromatic rings. The van der Waals surface area contributed by atoms with E-state index in [0.717, 1.165) is 12.1 Å². The predicted molar refractivity (Wildman–Crippen MR) is 70.2 cm³/mol. The van der Waals surface area contributed by atoms with Crippen LogP contribution in [0.15, 0.2) is 18.2 Å². The summed E-state index contributed by atoms with van der Waals surface area (Å²) in [4.78, 5) is 13.9. The lowest BCUT2D eigenvalue weighted by Crippen LogP contribution is -2.46. The van der Waals surface area contributed by atoms with Crippen LogP contribution in [0.1, 0.15) is 16.8 Å². The molecule has 1 fully saturated rings. The molecule has 0 spiro atoms. The number of benzene rings is 1. The van der Waals surface area contributed by atoms with Crippen LogP contribution in [0.4, 0.5) is 4.39 Å². The molecule has 0 aromatic heterocycles. The molecular formula is C14H18FNO4. The molecule has 0 radical (unpaired) electrons. The van der Waals surface area contributed by atoms with Crippen molar-refractivity contribution in [3.05, 3.63) is 29.6 Å².